The molecule has 1 heterocycles. The van der Waals surface area contributed by atoms with Gasteiger partial charge in [0.1, 0.15) is 7.11 Å². The van der Waals surface area contributed by atoms with E-state index in [4.69, 9.17) is 9.57 Å². The predicted molar refractivity (Wildman–Crippen MR) is 44.9 cm³/mol. The summed E-state index contributed by atoms with van der Waals surface area (Å²) in [5, 5.41) is 0. The molecule has 0 fully saturated rings. The van der Waals surface area contributed by atoms with E-state index in [1.54, 1.807) is 18.0 Å². The Morgan fingerprint density at radius 1 is 1.33 bits per heavy atom. The van der Waals surface area contributed by atoms with E-state index in [9.17, 15) is 0 Å². The van der Waals surface area contributed by atoms with Crippen LogP contribution in [-0.4, -0.2) is 13.2 Å². The summed E-state index contributed by atoms with van der Waals surface area (Å²) in [6.07, 6.45) is 1.96. The molecule has 66 valence electrons. The molecule has 0 bridgehead atoms. The molecule has 0 aliphatic heterocycles. The average Bonchev–Trinajstić information content (AvgIpc) is 2.04. The summed E-state index contributed by atoms with van der Waals surface area (Å²) in [4.78, 5) is 5.04. The van der Waals surface area contributed by atoms with Gasteiger partial charge in [0.25, 0.3) is 0 Å². The Morgan fingerprint density at radius 2 is 2.08 bits per heavy atom. The second kappa shape index (κ2) is 3.95. The first-order chi connectivity index (χ1) is 5.74. The van der Waals surface area contributed by atoms with Crippen molar-refractivity contribution >= 4 is 0 Å². The number of aromatic nitrogens is 1. The molecular weight excluding hydrogens is 154 g/mol. The first-order valence-corrected chi connectivity index (χ1v) is 3.96. The molecule has 3 heteroatoms. The molecule has 0 aliphatic rings. The van der Waals surface area contributed by atoms with E-state index in [2.05, 4.69) is 0 Å². The Morgan fingerprint density at radius 3 is 2.67 bits per heavy atom. The van der Waals surface area contributed by atoms with Crippen LogP contribution in [0.5, 0.6) is 5.88 Å². The number of ether oxygens (including phenoxy) is 1. The minimum atomic E-state index is 0.161. The maximum absolute atomic E-state index is 5.47. The molecule has 0 unspecified atom stereocenters. The van der Waals surface area contributed by atoms with Crippen molar-refractivity contribution in [3.05, 3.63) is 24.4 Å². The fraction of sp³-hybridized carbons (Fsp3) is 0.444. The van der Waals surface area contributed by atoms with Crippen LogP contribution in [0.1, 0.15) is 13.8 Å². The predicted octanol–water partition coefficient (Wildman–Crippen LogP) is 0.820. The van der Waals surface area contributed by atoms with Crippen molar-refractivity contribution in [2.24, 2.45) is 0 Å². The van der Waals surface area contributed by atoms with Crippen LogP contribution in [-0.2, 0) is 0 Å². The van der Waals surface area contributed by atoms with E-state index in [0.717, 1.165) is 5.88 Å². The van der Waals surface area contributed by atoms with Gasteiger partial charge in [-0.05, 0) is 19.9 Å². The first-order valence-electron chi connectivity index (χ1n) is 3.96. The van der Waals surface area contributed by atoms with E-state index < -0.39 is 0 Å². The second-order valence-electron chi connectivity index (χ2n) is 2.71. The van der Waals surface area contributed by atoms with Gasteiger partial charge >= 0.3 is 5.88 Å². The van der Waals surface area contributed by atoms with Gasteiger partial charge in [0, 0.05) is 10.8 Å². The number of hydrogen-bond donors (Lipinski definition) is 0. The van der Waals surface area contributed by atoms with Crippen LogP contribution in [0.2, 0.25) is 0 Å². The highest BCUT2D eigenvalue weighted by Gasteiger charge is 2.11. The van der Waals surface area contributed by atoms with Gasteiger partial charge in [-0.3, -0.25) is 4.84 Å². The van der Waals surface area contributed by atoms with Gasteiger partial charge < -0.3 is 4.74 Å². The maximum atomic E-state index is 5.47. The Kier molecular flexibility index (Phi) is 2.91. The molecule has 0 aromatic carbocycles. The van der Waals surface area contributed by atoms with Crippen molar-refractivity contribution in [2.75, 3.05) is 7.11 Å². The van der Waals surface area contributed by atoms with Gasteiger partial charge in [-0.2, -0.15) is 0 Å². The van der Waals surface area contributed by atoms with Gasteiger partial charge in [-0.15, -0.1) is 0 Å². The Bertz CT molecular complexity index is 248. The molecule has 0 saturated heterocycles. The molecule has 0 aliphatic carbocycles. The van der Waals surface area contributed by atoms with Crippen LogP contribution in [0.15, 0.2) is 24.4 Å². The zero-order valence-electron chi connectivity index (χ0n) is 7.65. The second-order valence-corrected chi connectivity index (χ2v) is 2.71. The zero-order chi connectivity index (χ0) is 8.97. The zero-order valence-corrected chi connectivity index (χ0v) is 7.65. The Labute approximate surface area is 72.5 Å². The normalized spacial score (nSPS) is 10.0. The lowest BCUT2D eigenvalue weighted by Gasteiger charge is -2.05. The molecule has 0 amide bonds. The molecular formula is C9H14NO2+. The van der Waals surface area contributed by atoms with Gasteiger partial charge in [0.2, 0.25) is 6.20 Å². The van der Waals surface area contributed by atoms with E-state index in [1.807, 2.05) is 32.0 Å². The van der Waals surface area contributed by atoms with Crippen LogP contribution in [0.4, 0.5) is 0 Å². The first kappa shape index (κ1) is 8.84. The lowest BCUT2D eigenvalue weighted by molar-refractivity contribution is -0.887. The summed E-state index contributed by atoms with van der Waals surface area (Å²) in [6, 6.07) is 5.66. The van der Waals surface area contributed by atoms with Gasteiger partial charge in [0.15, 0.2) is 0 Å². The van der Waals surface area contributed by atoms with Gasteiger partial charge in [0.05, 0.1) is 12.2 Å². The molecule has 1 aromatic rings. The molecule has 0 spiro atoms. The highest BCUT2D eigenvalue weighted by Crippen LogP contribution is 2.03. The van der Waals surface area contributed by atoms with Crippen LogP contribution >= 0.6 is 0 Å². The summed E-state index contributed by atoms with van der Waals surface area (Å²) in [7, 11) is 1.60. The van der Waals surface area contributed by atoms with Crippen molar-refractivity contribution in [1.82, 2.24) is 0 Å². The maximum Gasteiger partial charge on any atom is 0.417 e. The highest BCUT2D eigenvalue weighted by molar-refractivity contribution is 5.02. The van der Waals surface area contributed by atoms with E-state index in [-0.39, 0.29) is 6.10 Å². The lowest BCUT2D eigenvalue weighted by atomic mass is 10.4. The van der Waals surface area contributed by atoms with Crippen LogP contribution < -0.4 is 14.3 Å². The fourth-order valence-corrected chi connectivity index (χ4v) is 0.896. The third-order valence-corrected chi connectivity index (χ3v) is 1.34. The number of pyridine rings is 1. The minimum Gasteiger partial charge on any atom is -0.439 e. The molecule has 0 atom stereocenters. The molecule has 12 heavy (non-hydrogen) atoms. The number of rotatable bonds is 3. The van der Waals surface area contributed by atoms with Crippen molar-refractivity contribution in [3.63, 3.8) is 0 Å². The van der Waals surface area contributed by atoms with Gasteiger partial charge in [-0.1, -0.05) is 0 Å². The summed E-state index contributed by atoms with van der Waals surface area (Å²) in [5.41, 5.74) is 0. The van der Waals surface area contributed by atoms with Crippen molar-refractivity contribution in [2.45, 2.75) is 20.0 Å². The number of nitrogens with zero attached hydrogens (tertiary/aromatic N) is 1. The van der Waals surface area contributed by atoms with E-state index in [0.29, 0.717) is 0 Å². The smallest absolute Gasteiger partial charge is 0.417 e. The van der Waals surface area contributed by atoms with Crippen molar-refractivity contribution in [1.29, 1.82) is 0 Å². The average molecular weight is 168 g/mol. The largest absolute Gasteiger partial charge is 0.439 e. The molecule has 3 nitrogen and oxygen atoms in total. The summed E-state index contributed by atoms with van der Waals surface area (Å²) in [6.45, 7) is 3.96. The monoisotopic (exact) mass is 168 g/mol. The van der Waals surface area contributed by atoms with E-state index >= 15 is 0 Å². The van der Waals surface area contributed by atoms with Crippen molar-refractivity contribution in [3.8, 4) is 5.88 Å². The SMILES string of the molecule is CO[n+]1ccccc1OC(C)C. The quantitative estimate of drug-likeness (QED) is 0.623. The Balaban J connectivity index is 2.82. The number of hydrogen-bond acceptors (Lipinski definition) is 2. The van der Waals surface area contributed by atoms with E-state index in [1.165, 1.54) is 0 Å². The van der Waals surface area contributed by atoms with Crippen LogP contribution in [0.3, 0.4) is 0 Å². The fourth-order valence-electron chi connectivity index (χ4n) is 0.896. The third kappa shape index (κ3) is 2.12. The topological polar surface area (TPSA) is 22.3 Å². The Hall–Kier alpha value is -1.25. The highest BCUT2D eigenvalue weighted by atomic mass is 16.7. The minimum absolute atomic E-state index is 0.161. The molecule has 0 saturated carbocycles. The standard InChI is InChI=1S/C9H14NO2/c1-8(2)12-9-6-4-5-7-10(9)11-3/h4-8H,1-3H3/q+1. The molecule has 1 aromatic heterocycles. The summed E-state index contributed by atoms with van der Waals surface area (Å²) in [5.74, 6) is 0.718. The van der Waals surface area contributed by atoms with Crippen LogP contribution in [0, 0.1) is 0 Å². The van der Waals surface area contributed by atoms with Crippen LogP contribution in [0.25, 0.3) is 0 Å². The lowest BCUT2D eigenvalue weighted by Crippen LogP contribution is -2.42. The van der Waals surface area contributed by atoms with Crippen molar-refractivity contribution < 1.29 is 14.3 Å². The third-order valence-electron chi connectivity index (χ3n) is 1.34. The molecule has 1 rings (SSSR count). The summed E-state index contributed by atoms with van der Waals surface area (Å²) >= 11 is 0. The van der Waals surface area contributed by atoms with Gasteiger partial charge in [-0.25, -0.2) is 0 Å². The molecule has 0 radical (unpaired) electrons. The summed E-state index contributed by atoms with van der Waals surface area (Å²) < 4.78 is 7.06. The molecule has 0 N–H and O–H groups in total.